The van der Waals surface area contributed by atoms with E-state index in [2.05, 4.69) is 14.2 Å². The third-order valence-corrected chi connectivity index (χ3v) is 12.4. The highest BCUT2D eigenvalue weighted by atomic mass is 35.5. The summed E-state index contributed by atoms with van der Waals surface area (Å²) in [6.45, 7) is 0. The summed E-state index contributed by atoms with van der Waals surface area (Å²) < 4.78 is 321. The second-order valence-corrected chi connectivity index (χ2v) is 19.9. The van der Waals surface area contributed by atoms with Gasteiger partial charge in [-0.3, -0.25) is 30.3 Å². The lowest BCUT2D eigenvalue weighted by Gasteiger charge is -2.24. The normalized spacial score (nSPS) is 12.8. The Balaban J connectivity index is 0.000000306. The molecule has 0 bridgehead atoms. The molecule has 0 fully saturated rings. The Bertz CT molecular complexity index is 3480. The number of anilines is 3. The highest BCUT2D eigenvalue weighted by molar-refractivity contribution is 6.38. The van der Waals surface area contributed by atoms with Crippen molar-refractivity contribution >= 4 is 122 Å². The fraction of sp³-hybridized carbons (Fsp3) is 0.176. The second kappa shape index (κ2) is 31.6. The molecule has 6 rings (SSSR count). The lowest BCUT2D eigenvalue weighted by atomic mass is 10.2. The van der Waals surface area contributed by atoms with Gasteiger partial charge in [0.2, 0.25) is 0 Å². The van der Waals surface area contributed by atoms with Gasteiger partial charge >= 0.3 is 54.9 Å². The van der Waals surface area contributed by atoms with Gasteiger partial charge in [0.05, 0.1) is 47.2 Å². The van der Waals surface area contributed by atoms with Crippen molar-refractivity contribution in [2.24, 2.45) is 0 Å². The molecular formula is C51H24Cl6F24N6O9. The highest BCUT2D eigenvalue weighted by Crippen LogP contribution is 2.45. The zero-order chi connectivity index (χ0) is 73.3. The Morgan fingerprint density at radius 3 is 0.688 bits per heavy atom. The SMILES string of the molecule is O=C(NC(=O)c1c(F)cccc1F)Nc1cc(Cl)c(OC(F)(F)C(F)C(F)(F)F)cc1Cl.O=C(NC(=O)c1c(F)cccc1F)Nc1cc(Cl)c(OC(F)(F)C(F)C(F)(F)F)cc1Cl.O=C(NC(=O)c1c(F)cccc1F)Nc1cc(Cl)c(OC(F)(F)C(F)C(F)(F)F)cc1Cl. The van der Waals surface area contributed by atoms with Crippen LogP contribution in [0.25, 0.3) is 0 Å². The predicted molar refractivity (Wildman–Crippen MR) is 287 cm³/mol. The minimum atomic E-state index is -5.94. The van der Waals surface area contributed by atoms with Crippen molar-refractivity contribution in [2.75, 3.05) is 16.0 Å². The van der Waals surface area contributed by atoms with Gasteiger partial charge < -0.3 is 30.2 Å². The van der Waals surface area contributed by atoms with Crippen molar-refractivity contribution in [3.8, 4) is 17.2 Å². The van der Waals surface area contributed by atoms with Gasteiger partial charge in [0, 0.05) is 18.2 Å². The molecule has 0 radical (unpaired) electrons. The number of carbonyl (C=O) groups excluding carboxylic acids is 6. The summed E-state index contributed by atoms with van der Waals surface area (Å²) >= 11 is 33.9. The molecule has 9 amide bonds. The number of alkyl halides is 18. The van der Waals surface area contributed by atoms with Gasteiger partial charge in [-0.15, -0.1) is 0 Å². The molecule has 3 unspecified atom stereocenters. The van der Waals surface area contributed by atoms with Gasteiger partial charge in [-0.2, -0.15) is 65.9 Å². The first-order chi connectivity index (χ1) is 43.9. The largest absolute Gasteiger partial charge is 0.439 e. The van der Waals surface area contributed by atoms with Gasteiger partial charge in [0.1, 0.15) is 68.8 Å². The molecule has 0 saturated carbocycles. The van der Waals surface area contributed by atoms with Crippen molar-refractivity contribution in [1.29, 1.82) is 0 Å². The quantitative estimate of drug-likeness (QED) is 0.0541. The van der Waals surface area contributed by atoms with E-state index in [1.807, 2.05) is 16.0 Å². The number of nitrogens with one attached hydrogen (secondary N) is 6. The van der Waals surface area contributed by atoms with Crippen LogP contribution in [0.3, 0.4) is 0 Å². The first-order valence-corrected chi connectivity index (χ1v) is 26.2. The number of halogens is 30. The van der Waals surface area contributed by atoms with Crippen LogP contribution in [0.15, 0.2) is 91.0 Å². The zero-order valence-corrected chi connectivity index (χ0v) is 49.4. The fourth-order valence-electron chi connectivity index (χ4n) is 6.38. The number of carbonyl (C=O) groups is 6. The summed E-state index contributed by atoms with van der Waals surface area (Å²) in [5.74, 6) is -15.6. The molecule has 0 aliphatic carbocycles. The van der Waals surface area contributed by atoms with Crippen molar-refractivity contribution in [3.05, 3.63) is 173 Å². The van der Waals surface area contributed by atoms with Crippen LogP contribution in [-0.2, 0) is 0 Å². The molecule has 6 aromatic carbocycles. The molecule has 15 nitrogen and oxygen atoms in total. The number of urea groups is 3. The van der Waals surface area contributed by atoms with Crippen molar-refractivity contribution < 1.29 is 148 Å². The predicted octanol–water partition coefficient (Wildman–Crippen LogP) is 18.3. The zero-order valence-electron chi connectivity index (χ0n) is 44.9. The summed E-state index contributed by atoms with van der Waals surface area (Å²) in [6.07, 6.45) is -48.0. The Kier molecular flexibility index (Phi) is 26.4. The van der Waals surface area contributed by atoms with Gasteiger partial charge in [-0.1, -0.05) is 87.8 Å². The number of imide groups is 3. The fourth-order valence-corrected chi connectivity index (χ4v) is 7.59. The van der Waals surface area contributed by atoms with Crippen LogP contribution in [0, 0.1) is 34.9 Å². The van der Waals surface area contributed by atoms with E-state index < -0.39 is 207 Å². The first-order valence-electron chi connectivity index (χ1n) is 23.9. The molecule has 522 valence electrons. The van der Waals surface area contributed by atoms with Crippen LogP contribution in [0.1, 0.15) is 31.1 Å². The van der Waals surface area contributed by atoms with Crippen LogP contribution in [0.4, 0.5) is 137 Å². The maximum atomic E-state index is 13.6. The monoisotopic (exact) mass is 1530 g/mol. The number of hydrogen-bond donors (Lipinski definition) is 6. The summed E-state index contributed by atoms with van der Waals surface area (Å²) in [5, 5.41) is 5.98. The lowest BCUT2D eigenvalue weighted by Crippen LogP contribution is -2.45. The molecule has 6 N–H and O–H groups in total. The van der Waals surface area contributed by atoms with E-state index in [-0.39, 0.29) is 0 Å². The average molecular weight is 1530 g/mol. The van der Waals surface area contributed by atoms with E-state index in [4.69, 9.17) is 69.6 Å². The molecule has 0 aromatic heterocycles. The molecule has 45 heteroatoms. The number of amides is 9. The molecule has 0 spiro atoms. The highest BCUT2D eigenvalue weighted by Gasteiger charge is 2.61. The van der Waals surface area contributed by atoms with Crippen LogP contribution >= 0.6 is 69.6 Å². The van der Waals surface area contributed by atoms with Gasteiger partial charge in [-0.25, -0.2) is 53.9 Å². The average Bonchev–Trinajstić information content (AvgIpc) is 0.825. The van der Waals surface area contributed by atoms with E-state index in [9.17, 15) is 134 Å². The van der Waals surface area contributed by atoms with E-state index in [0.29, 0.717) is 36.4 Å². The molecule has 3 atom stereocenters. The summed E-state index contributed by atoms with van der Waals surface area (Å²) in [6, 6.07) is 6.44. The maximum Gasteiger partial charge on any atom is 0.439 e. The first kappa shape index (κ1) is 80.0. The van der Waals surface area contributed by atoms with E-state index in [0.717, 1.165) is 54.6 Å². The van der Waals surface area contributed by atoms with Crippen LogP contribution in [0.5, 0.6) is 17.2 Å². The van der Waals surface area contributed by atoms with Crippen molar-refractivity contribution in [1.82, 2.24) is 16.0 Å². The minimum Gasteiger partial charge on any atom is -0.428 e. The molecule has 0 aliphatic heterocycles. The number of benzene rings is 6. The molecule has 96 heavy (non-hydrogen) atoms. The van der Waals surface area contributed by atoms with Crippen molar-refractivity contribution in [2.45, 2.75) is 55.4 Å². The Morgan fingerprint density at radius 1 is 0.323 bits per heavy atom. The standard InChI is InChI=1S/3C17H8Cl2F8N2O3/c3*18-6-5-11(32-17(26,27)14(22)16(23,24)25)7(19)4-10(6)28-15(31)29-13(30)12-8(20)2-1-3-9(12)21/h3*1-5,14H,(H2,28,29,30,31). The lowest BCUT2D eigenvalue weighted by molar-refractivity contribution is -0.305. The molecule has 0 saturated heterocycles. The van der Waals surface area contributed by atoms with Gasteiger partial charge in [0.15, 0.2) is 0 Å². The van der Waals surface area contributed by atoms with Crippen LogP contribution in [-0.4, -0.2) is 91.2 Å². The van der Waals surface area contributed by atoms with Crippen molar-refractivity contribution in [3.63, 3.8) is 0 Å². The smallest absolute Gasteiger partial charge is 0.428 e. The third kappa shape index (κ3) is 21.6. The van der Waals surface area contributed by atoms with E-state index in [1.54, 1.807) is 16.0 Å². The second-order valence-electron chi connectivity index (χ2n) is 17.5. The summed E-state index contributed by atoms with van der Waals surface area (Å²) in [4.78, 5) is 71.2. The Hall–Kier alpha value is -8.40. The Morgan fingerprint density at radius 2 is 0.510 bits per heavy atom. The molecular weight excluding hydrogens is 1510 g/mol. The number of rotatable bonds is 15. The number of ether oxygens (including phenoxy) is 3. The minimum absolute atomic E-state index is 0.439. The molecule has 0 heterocycles. The molecule has 6 aromatic rings. The summed E-state index contributed by atoms with van der Waals surface area (Å²) in [5.41, 5.74) is -4.66. The van der Waals surface area contributed by atoms with Crippen LogP contribution in [0.2, 0.25) is 30.1 Å². The third-order valence-electron chi connectivity index (χ3n) is 10.5. The topological polar surface area (TPSA) is 202 Å². The maximum absolute atomic E-state index is 13.6. The van der Waals surface area contributed by atoms with Gasteiger partial charge in [0.25, 0.3) is 36.2 Å². The summed E-state index contributed by atoms with van der Waals surface area (Å²) in [7, 11) is 0. The van der Waals surface area contributed by atoms with E-state index in [1.165, 1.54) is 0 Å². The van der Waals surface area contributed by atoms with E-state index >= 15 is 0 Å². The number of hydrogen-bond acceptors (Lipinski definition) is 9. The molecule has 0 aliphatic rings. The van der Waals surface area contributed by atoms with Gasteiger partial charge in [-0.05, 0) is 54.6 Å². The van der Waals surface area contributed by atoms with Crippen LogP contribution < -0.4 is 46.1 Å². The Labute approximate surface area is 546 Å².